The van der Waals surface area contributed by atoms with Gasteiger partial charge in [0.15, 0.2) is 0 Å². The fourth-order valence-corrected chi connectivity index (χ4v) is 1.69. The van der Waals surface area contributed by atoms with Crippen LogP contribution in [0.1, 0.15) is 25.0 Å². The summed E-state index contributed by atoms with van der Waals surface area (Å²) >= 11 is 0. The van der Waals surface area contributed by atoms with Gasteiger partial charge in [-0.15, -0.1) is 0 Å². The predicted molar refractivity (Wildman–Crippen MR) is 70.6 cm³/mol. The second-order valence-corrected chi connectivity index (χ2v) is 4.94. The van der Waals surface area contributed by atoms with Gasteiger partial charge in [-0.05, 0) is 25.6 Å². The van der Waals surface area contributed by atoms with Gasteiger partial charge in [0.1, 0.15) is 5.82 Å². The lowest BCUT2D eigenvalue weighted by Crippen LogP contribution is -2.32. The third kappa shape index (κ3) is 5.29. The Hall–Kier alpha value is -0.930. The van der Waals surface area contributed by atoms with Crippen molar-refractivity contribution in [3.05, 3.63) is 35.1 Å². The average Bonchev–Trinajstić information content (AvgIpc) is 2.21. The summed E-state index contributed by atoms with van der Waals surface area (Å²) in [7, 11) is 2.02. The van der Waals surface area contributed by atoms with Crippen molar-refractivity contribution in [2.75, 3.05) is 20.1 Å². The molecule has 0 unspecified atom stereocenters. The zero-order valence-electron chi connectivity index (χ0n) is 11.3. The zero-order chi connectivity index (χ0) is 12.8. The zero-order valence-corrected chi connectivity index (χ0v) is 11.3. The molecular formula is C14H23FN2. The summed E-state index contributed by atoms with van der Waals surface area (Å²) < 4.78 is 13.6. The third-order valence-electron chi connectivity index (χ3n) is 2.69. The lowest BCUT2D eigenvalue weighted by molar-refractivity contribution is 0.315. The number of nitrogens with zero attached hydrogens (tertiary/aromatic N) is 1. The molecule has 0 aromatic heterocycles. The number of aryl methyl sites for hydroxylation is 1. The van der Waals surface area contributed by atoms with E-state index in [1.165, 1.54) is 0 Å². The Morgan fingerprint density at radius 3 is 2.65 bits per heavy atom. The van der Waals surface area contributed by atoms with Crippen molar-refractivity contribution in [1.29, 1.82) is 0 Å². The van der Waals surface area contributed by atoms with Gasteiger partial charge in [-0.1, -0.05) is 26.0 Å². The molecule has 0 saturated carbocycles. The van der Waals surface area contributed by atoms with Crippen LogP contribution in [0, 0.1) is 12.7 Å². The number of benzene rings is 1. The Bertz CT molecular complexity index is 350. The molecule has 3 heteroatoms. The van der Waals surface area contributed by atoms with E-state index in [4.69, 9.17) is 0 Å². The van der Waals surface area contributed by atoms with Crippen molar-refractivity contribution in [2.24, 2.45) is 0 Å². The number of halogens is 1. The summed E-state index contributed by atoms with van der Waals surface area (Å²) in [6, 6.07) is 5.92. The molecule has 0 saturated heterocycles. The van der Waals surface area contributed by atoms with Crippen molar-refractivity contribution < 1.29 is 4.39 Å². The summed E-state index contributed by atoms with van der Waals surface area (Å²) in [6.45, 7) is 8.67. The molecular weight excluding hydrogens is 215 g/mol. The van der Waals surface area contributed by atoms with Crippen molar-refractivity contribution in [2.45, 2.75) is 33.4 Å². The van der Waals surface area contributed by atoms with Crippen molar-refractivity contribution in [1.82, 2.24) is 10.2 Å². The van der Waals surface area contributed by atoms with Gasteiger partial charge in [-0.2, -0.15) is 0 Å². The van der Waals surface area contributed by atoms with Crippen LogP contribution in [0.4, 0.5) is 4.39 Å². The van der Waals surface area contributed by atoms with E-state index in [1.807, 2.05) is 26.1 Å². The molecule has 0 spiro atoms. The molecule has 1 rings (SSSR count). The van der Waals surface area contributed by atoms with Crippen LogP contribution in [0.15, 0.2) is 18.2 Å². The number of likely N-dealkylation sites (N-methyl/N-ethyl adjacent to an activating group) is 1. The summed E-state index contributed by atoms with van der Waals surface area (Å²) in [5, 5.41) is 3.35. The largest absolute Gasteiger partial charge is 0.313 e. The normalized spacial score (nSPS) is 11.5. The molecule has 0 aliphatic carbocycles. The van der Waals surface area contributed by atoms with E-state index < -0.39 is 0 Å². The van der Waals surface area contributed by atoms with Gasteiger partial charge >= 0.3 is 0 Å². The van der Waals surface area contributed by atoms with Crippen LogP contribution >= 0.6 is 0 Å². The van der Waals surface area contributed by atoms with Crippen LogP contribution in [0.2, 0.25) is 0 Å². The second kappa shape index (κ2) is 6.72. The highest BCUT2D eigenvalue weighted by atomic mass is 19.1. The van der Waals surface area contributed by atoms with E-state index in [2.05, 4.69) is 24.1 Å². The first kappa shape index (κ1) is 14.1. The first-order chi connectivity index (χ1) is 7.99. The summed E-state index contributed by atoms with van der Waals surface area (Å²) in [6.07, 6.45) is 0. The van der Waals surface area contributed by atoms with Crippen LogP contribution in [0.3, 0.4) is 0 Å². The van der Waals surface area contributed by atoms with Crippen LogP contribution in [0.25, 0.3) is 0 Å². The Balaban J connectivity index is 2.42. The predicted octanol–water partition coefficient (Wildman–Crippen LogP) is 2.56. The number of nitrogens with one attached hydrogen (secondary N) is 1. The van der Waals surface area contributed by atoms with E-state index >= 15 is 0 Å². The first-order valence-corrected chi connectivity index (χ1v) is 6.16. The van der Waals surface area contributed by atoms with E-state index in [0.29, 0.717) is 12.6 Å². The molecule has 96 valence electrons. The molecule has 0 bridgehead atoms. The standard InChI is InChI=1S/C14H23FN2/c1-11(2)16-7-8-17(4)10-13-6-5-12(3)9-14(13)15/h5-6,9,11,16H,7-8,10H2,1-4H3. The van der Waals surface area contributed by atoms with Gasteiger partial charge in [0.2, 0.25) is 0 Å². The lowest BCUT2D eigenvalue weighted by atomic mass is 10.1. The number of hydrogen-bond acceptors (Lipinski definition) is 2. The summed E-state index contributed by atoms with van der Waals surface area (Å²) in [5.74, 6) is -0.103. The fraction of sp³-hybridized carbons (Fsp3) is 0.571. The molecule has 1 aromatic carbocycles. The quantitative estimate of drug-likeness (QED) is 0.819. The lowest BCUT2D eigenvalue weighted by Gasteiger charge is -2.18. The highest BCUT2D eigenvalue weighted by Gasteiger charge is 2.05. The van der Waals surface area contributed by atoms with Crippen LogP contribution in [-0.4, -0.2) is 31.1 Å². The monoisotopic (exact) mass is 238 g/mol. The maximum atomic E-state index is 13.6. The Morgan fingerprint density at radius 2 is 2.06 bits per heavy atom. The maximum absolute atomic E-state index is 13.6. The average molecular weight is 238 g/mol. The maximum Gasteiger partial charge on any atom is 0.127 e. The van der Waals surface area contributed by atoms with Gasteiger partial charge in [0.05, 0.1) is 0 Å². The molecule has 0 fully saturated rings. The highest BCUT2D eigenvalue weighted by Crippen LogP contribution is 2.11. The van der Waals surface area contributed by atoms with Gasteiger partial charge in [0.25, 0.3) is 0 Å². The topological polar surface area (TPSA) is 15.3 Å². The van der Waals surface area contributed by atoms with E-state index in [0.717, 1.165) is 24.2 Å². The molecule has 0 amide bonds. The van der Waals surface area contributed by atoms with Crippen LogP contribution < -0.4 is 5.32 Å². The van der Waals surface area contributed by atoms with Crippen LogP contribution in [0.5, 0.6) is 0 Å². The minimum absolute atomic E-state index is 0.103. The molecule has 0 aliphatic rings. The minimum Gasteiger partial charge on any atom is -0.313 e. The van der Waals surface area contributed by atoms with E-state index in [-0.39, 0.29) is 5.82 Å². The first-order valence-electron chi connectivity index (χ1n) is 6.16. The van der Waals surface area contributed by atoms with Crippen molar-refractivity contribution >= 4 is 0 Å². The fourth-order valence-electron chi connectivity index (χ4n) is 1.69. The Kier molecular flexibility index (Phi) is 5.59. The van der Waals surface area contributed by atoms with Crippen molar-refractivity contribution in [3.8, 4) is 0 Å². The van der Waals surface area contributed by atoms with E-state index in [1.54, 1.807) is 6.07 Å². The van der Waals surface area contributed by atoms with Gasteiger partial charge in [-0.25, -0.2) is 4.39 Å². The molecule has 17 heavy (non-hydrogen) atoms. The summed E-state index contributed by atoms with van der Waals surface area (Å²) in [5.41, 5.74) is 1.73. The molecule has 2 nitrogen and oxygen atoms in total. The van der Waals surface area contributed by atoms with Gasteiger partial charge in [-0.3, -0.25) is 0 Å². The van der Waals surface area contributed by atoms with Gasteiger partial charge < -0.3 is 10.2 Å². The minimum atomic E-state index is -0.103. The summed E-state index contributed by atoms with van der Waals surface area (Å²) in [4.78, 5) is 2.13. The SMILES string of the molecule is Cc1ccc(CN(C)CCNC(C)C)c(F)c1. The highest BCUT2D eigenvalue weighted by molar-refractivity contribution is 5.23. The number of rotatable bonds is 6. The van der Waals surface area contributed by atoms with Crippen LogP contribution in [-0.2, 0) is 6.54 Å². The number of hydrogen-bond donors (Lipinski definition) is 1. The molecule has 0 heterocycles. The molecule has 0 atom stereocenters. The molecule has 0 radical (unpaired) electrons. The van der Waals surface area contributed by atoms with E-state index in [9.17, 15) is 4.39 Å². The Labute approximate surface area is 104 Å². The van der Waals surface area contributed by atoms with Gasteiger partial charge in [0, 0.05) is 31.2 Å². The Morgan fingerprint density at radius 1 is 1.35 bits per heavy atom. The van der Waals surface area contributed by atoms with Crippen molar-refractivity contribution in [3.63, 3.8) is 0 Å². The molecule has 1 aromatic rings. The third-order valence-corrected chi connectivity index (χ3v) is 2.69. The molecule has 1 N–H and O–H groups in total. The smallest absolute Gasteiger partial charge is 0.127 e. The second-order valence-electron chi connectivity index (χ2n) is 4.94. The molecule has 0 aliphatic heterocycles.